The number of fused-ring (bicyclic) bond motifs is 1. The number of methoxy groups -OCH3 is 1. The largest absolute Gasteiger partial charge is 0.444 e. The zero-order chi connectivity index (χ0) is 24.5. The van der Waals surface area contributed by atoms with Gasteiger partial charge in [0.05, 0.1) is 25.4 Å². The molecule has 1 atom stereocenters. The van der Waals surface area contributed by atoms with E-state index in [1.54, 1.807) is 12.0 Å². The fraction of sp³-hybridized carbons (Fsp3) is 0.680. The molecule has 0 bridgehead atoms. The number of piperidine rings is 1. The first-order chi connectivity index (χ1) is 16.2. The van der Waals surface area contributed by atoms with Gasteiger partial charge in [0, 0.05) is 44.9 Å². The van der Waals surface area contributed by atoms with Crippen LogP contribution in [0, 0.1) is 0 Å². The lowest BCUT2D eigenvalue weighted by molar-refractivity contribution is -0.0334. The van der Waals surface area contributed by atoms with Crippen molar-refractivity contribution in [3.05, 3.63) is 33.8 Å². The van der Waals surface area contributed by atoms with Gasteiger partial charge < -0.3 is 24.0 Å². The van der Waals surface area contributed by atoms with E-state index in [-0.39, 0.29) is 24.3 Å². The maximum Gasteiger partial charge on any atom is 0.410 e. The molecule has 188 valence electrons. The van der Waals surface area contributed by atoms with Crippen LogP contribution in [0.1, 0.15) is 56.3 Å². The van der Waals surface area contributed by atoms with Crippen molar-refractivity contribution >= 4 is 23.7 Å². The summed E-state index contributed by atoms with van der Waals surface area (Å²) in [6, 6.07) is 3.64. The zero-order valence-corrected chi connectivity index (χ0v) is 21.4. The van der Waals surface area contributed by atoms with Gasteiger partial charge in [-0.25, -0.2) is 9.59 Å². The molecule has 0 aliphatic carbocycles. The highest BCUT2D eigenvalue weighted by Gasteiger charge is 2.36. The van der Waals surface area contributed by atoms with Gasteiger partial charge in [-0.3, -0.25) is 4.90 Å². The Morgan fingerprint density at radius 2 is 1.82 bits per heavy atom. The topological polar surface area (TPSA) is 71.6 Å². The van der Waals surface area contributed by atoms with Crippen molar-refractivity contribution in [2.75, 3.05) is 46.5 Å². The molecule has 9 heteroatoms. The van der Waals surface area contributed by atoms with Gasteiger partial charge in [-0.15, -0.1) is 0 Å². The van der Waals surface area contributed by atoms with Crippen LogP contribution in [0.5, 0.6) is 0 Å². The molecular weight excluding hydrogens is 458 g/mol. The number of rotatable bonds is 2. The molecule has 0 aromatic heterocycles. The predicted molar refractivity (Wildman–Crippen MR) is 129 cm³/mol. The Morgan fingerprint density at radius 1 is 1.09 bits per heavy atom. The highest BCUT2D eigenvalue weighted by molar-refractivity contribution is 6.30. The number of amides is 3. The summed E-state index contributed by atoms with van der Waals surface area (Å²) in [6.07, 6.45) is 2.31. The molecule has 0 N–H and O–H groups in total. The lowest BCUT2D eigenvalue weighted by Crippen LogP contribution is -2.49. The van der Waals surface area contributed by atoms with Crippen LogP contribution in [-0.4, -0.2) is 85.0 Å². The molecule has 1 aromatic rings. The van der Waals surface area contributed by atoms with Crippen molar-refractivity contribution in [1.29, 1.82) is 0 Å². The normalized spacial score (nSPS) is 21.9. The highest BCUT2D eigenvalue weighted by atomic mass is 35.5. The Morgan fingerprint density at radius 3 is 2.50 bits per heavy atom. The van der Waals surface area contributed by atoms with Crippen molar-refractivity contribution in [1.82, 2.24) is 14.7 Å². The second-order valence-corrected chi connectivity index (χ2v) is 10.7. The van der Waals surface area contributed by atoms with Crippen LogP contribution >= 0.6 is 11.6 Å². The van der Waals surface area contributed by atoms with Gasteiger partial charge in [0.15, 0.2) is 0 Å². The van der Waals surface area contributed by atoms with Crippen LogP contribution in [0.3, 0.4) is 0 Å². The Balaban J connectivity index is 1.57. The first kappa shape index (κ1) is 25.1. The Kier molecular flexibility index (Phi) is 7.60. The van der Waals surface area contributed by atoms with Gasteiger partial charge in [-0.05, 0) is 68.9 Å². The smallest absolute Gasteiger partial charge is 0.410 e. The van der Waals surface area contributed by atoms with E-state index < -0.39 is 5.60 Å². The molecule has 3 heterocycles. The minimum atomic E-state index is -0.590. The first-order valence-electron chi connectivity index (χ1n) is 12.1. The van der Waals surface area contributed by atoms with Crippen molar-refractivity contribution in [3.63, 3.8) is 0 Å². The molecule has 8 nitrogen and oxygen atoms in total. The number of hydrogen-bond donors (Lipinski definition) is 0. The number of nitrogens with zero attached hydrogens (tertiary/aromatic N) is 3. The fourth-order valence-corrected chi connectivity index (χ4v) is 5.25. The van der Waals surface area contributed by atoms with E-state index in [2.05, 4.69) is 0 Å². The summed E-state index contributed by atoms with van der Waals surface area (Å²) in [5, 5.41) is 0.630. The van der Waals surface area contributed by atoms with E-state index in [0.29, 0.717) is 51.0 Å². The second kappa shape index (κ2) is 10.3. The molecule has 3 aliphatic rings. The minimum Gasteiger partial charge on any atom is -0.444 e. The molecule has 4 rings (SSSR count). The molecule has 0 spiro atoms. The third-order valence-corrected chi connectivity index (χ3v) is 6.99. The van der Waals surface area contributed by atoms with E-state index in [0.717, 1.165) is 36.0 Å². The van der Waals surface area contributed by atoms with Gasteiger partial charge in [0.25, 0.3) is 0 Å². The molecular formula is C25H36ClN3O5. The number of urea groups is 1. The zero-order valence-electron chi connectivity index (χ0n) is 20.6. The second-order valence-electron chi connectivity index (χ2n) is 10.3. The van der Waals surface area contributed by atoms with Crippen molar-refractivity contribution in [2.45, 2.75) is 64.3 Å². The quantitative estimate of drug-likeness (QED) is 0.616. The molecule has 2 saturated heterocycles. The molecule has 0 radical (unpaired) electrons. The standard InChI is InChI=1S/C25H36ClN3O5/c1-25(2,3)34-24(31)29-11-12-33-16-22(29)20-14-18(26)13-17-5-8-28(15-21(17)20)23(30)27-9-6-19(32-4)7-10-27/h13-14,19,22H,5-12,15-16H2,1-4H3/t22-/m0/s1. The Hall–Kier alpha value is -2.03. The average Bonchev–Trinajstić information content (AvgIpc) is 2.81. The summed E-state index contributed by atoms with van der Waals surface area (Å²) in [6.45, 7) is 9.40. The predicted octanol–water partition coefficient (Wildman–Crippen LogP) is 4.24. The third kappa shape index (κ3) is 5.61. The van der Waals surface area contributed by atoms with Gasteiger partial charge >= 0.3 is 12.1 Å². The van der Waals surface area contributed by atoms with E-state index in [1.165, 1.54) is 0 Å². The number of halogens is 1. The summed E-state index contributed by atoms with van der Waals surface area (Å²) in [5.74, 6) is 0. The maximum absolute atomic E-state index is 13.3. The first-order valence-corrected chi connectivity index (χ1v) is 12.5. The van der Waals surface area contributed by atoms with Crippen molar-refractivity contribution < 1.29 is 23.8 Å². The van der Waals surface area contributed by atoms with Crippen LogP contribution in [0.2, 0.25) is 5.02 Å². The van der Waals surface area contributed by atoms with E-state index >= 15 is 0 Å². The molecule has 3 aliphatic heterocycles. The summed E-state index contributed by atoms with van der Waals surface area (Å²) in [5.41, 5.74) is 2.52. The molecule has 34 heavy (non-hydrogen) atoms. The minimum absolute atomic E-state index is 0.0602. The van der Waals surface area contributed by atoms with E-state index in [9.17, 15) is 9.59 Å². The number of ether oxygens (including phenoxy) is 3. The van der Waals surface area contributed by atoms with Crippen LogP contribution in [0.25, 0.3) is 0 Å². The molecule has 2 fully saturated rings. The number of carbonyl (C=O) groups is 2. The molecule has 1 aromatic carbocycles. The highest BCUT2D eigenvalue weighted by Crippen LogP contribution is 2.35. The van der Waals surface area contributed by atoms with Gasteiger partial charge in [0.2, 0.25) is 0 Å². The van der Waals surface area contributed by atoms with Crippen LogP contribution in [0.4, 0.5) is 9.59 Å². The number of likely N-dealkylation sites (tertiary alicyclic amines) is 1. The number of hydrogen-bond acceptors (Lipinski definition) is 5. The summed E-state index contributed by atoms with van der Waals surface area (Å²) in [4.78, 5) is 31.9. The maximum atomic E-state index is 13.3. The average molecular weight is 494 g/mol. The molecule has 3 amide bonds. The van der Waals surface area contributed by atoms with E-state index in [4.69, 9.17) is 25.8 Å². The Labute approximate surface area is 207 Å². The van der Waals surface area contributed by atoms with Crippen LogP contribution < -0.4 is 0 Å². The molecule has 0 saturated carbocycles. The summed E-state index contributed by atoms with van der Waals surface area (Å²) >= 11 is 6.51. The van der Waals surface area contributed by atoms with Crippen molar-refractivity contribution in [2.24, 2.45) is 0 Å². The van der Waals surface area contributed by atoms with Gasteiger partial charge in [-0.2, -0.15) is 0 Å². The van der Waals surface area contributed by atoms with E-state index in [1.807, 2.05) is 42.7 Å². The van der Waals surface area contributed by atoms with Crippen LogP contribution in [0.15, 0.2) is 12.1 Å². The summed E-state index contributed by atoms with van der Waals surface area (Å²) < 4.78 is 16.9. The SMILES string of the molecule is COC1CCN(C(=O)N2CCc3cc(Cl)cc([C@@H]4COCCN4C(=O)OC(C)(C)C)c3C2)CC1. The number of morpholine rings is 1. The van der Waals surface area contributed by atoms with Crippen LogP contribution in [-0.2, 0) is 27.2 Å². The van der Waals surface area contributed by atoms with Crippen molar-refractivity contribution in [3.8, 4) is 0 Å². The number of carbonyl (C=O) groups excluding carboxylic acids is 2. The monoisotopic (exact) mass is 493 g/mol. The van der Waals surface area contributed by atoms with Gasteiger partial charge in [0.1, 0.15) is 5.60 Å². The summed E-state index contributed by atoms with van der Waals surface area (Å²) in [7, 11) is 1.73. The van der Waals surface area contributed by atoms with Gasteiger partial charge in [-0.1, -0.05) is 11.6 Å². The third-order valence-electron chi connectivity index (χ3n) is 6.77. The Bertz CT molecular complexity index is 911. The fourth-order valence-electron chi connectivity index (χ4n) is 5.00. The molecule has 0 unspecified atom stereocenters. The lowest BCUT2D eigenvalue weighted by Gasteiger charge is -2.40. The number of benzene rings is 1. The lowest BCUT2D eigenvalue weighted by atomic mass is 9.90.